The van der Waals surface area contributed by atoms with E-state index in [0.29, 0.717) is 12.2 Å². The van der Waals surface area contributed by atoms with E-state index in [0.717, 1.165) is 5.69 Å². The molecule has 0 spiro atoms. The second-order valence-corrected chi connectivity index (χ2v) is 4.35. The number of nitrogens with one attached hydrogen (secondary N) is 1. The number of nitrogens with zero attached hydrogens (tertiary/aromatic N) is 1. The predicted octanol–water partition coefficient (Wildman–Crippen LogP) is 2.56. The molecule has 0 saturated heterocycles. The van der Waals surface area contributed by atoms with Crippen molar-refractivity contribution < 1.29 is 14.3 Å². The summed E-state index contributed by atoms with van der Waals surface area (Å²) in [5.74, 6) is 0.443. The number of benzene rings is 1. The van der Waals surface area contributed by atoms with Gasteiger partial charge in [-0.15, -0.1) is 0 Å². The van der Waals surface area contributed by atoms with Crippen LogP contribution in [0.5, 0.6) is 5.75 Å². The van der Waals surface area contributed by atoms with Crippen LogP contribution in [0.15, 0.2) is 24.3 Å². The lowest BCUT2D eigenvalue weighted by Gasteiger charge is -2.26. The number of amides is 2. The molecule has 0 aliphatic heterocycles. The van der Waals surface area contributed by atoms with Crippen LogP contribution < -0.4 is 15.0 Å². The Balaban J connectivity index is 3.01. The first-order valence-corrected chi connectivity index (χ1v) is 6.31. The minimum absolute atomic E-state index is 0.0343. The molecule has 0 unspecified atom stereocenters. The van der Waals surface area contributed by atoms with Gasteiger partial charge in [0.2, 0.25) is 5.91 Å². The number of anilines is 1. The Kier molecular flexibility index (Phi) is 5.36. The van der Waals surface area contributed by atoms with E-state index in [9.17, 15) is 9.59 Å². The third-order valence-electron chi connectivity index (χ3n) is 2.60. The summed E-state index contributed by atoms with van der Waals surface area (Å²) < 4.78 is 5.06. The molecule has 0 radical (unpaired) electrons. The van der Waals surface area contributed by atoms with Crippen LogP contribution in [0.3, 0.4) is 0 Å². The molecule has 0 saturated carbocycles. The van der Waals surface area contributed by atoms with E-state index in [-0.39, 0.29) is 11.9 Å². The summed E-state index contributed by atoms with van der Waals surface area (Å²) >= 11 is 0. The highest BCUT2D eigenvalue weighted by atomic mass is 16.5. The van der Waals surface area contributed by atoms with Crippen LogP contribution in [0.25, 0.3) is 0 Å². The number of carbonyl (C=O) groups excluding carboxylic acids is 2. The summed E-state index contributed by atoms with van der Waals surface area (Å²) in [6, 6.07) is 6.98. The molecule has 2 amide bonds. The van der Waals surface area contributed by atoms with Gasteiger partial charge in [-0.1, -0.05) is 13.0 Å². The lowest BCUT2D eigenvalue weighted by Crippen LogP contribution is -2.36. The van der Waals surface area contributed by atoms with Crippen molar-refractivity contribution in [3.8, 4) is 5.75 Å². The lowest BCUT2D eigenvalue weighted by atomic mass is 10.2. The van der Waals surface area contributed by atoms with Gasteiger partial charge in [0, 0.05) is 31.3 Å². The molecular weight excluding hydrogens is 244 g/mol. The van der Waals surface area contributed by atoms with Gasteiger partial charge < -0.3 is 15.0 Å². The summed E-state index contributed by atoms with van der Waals surface area (Å²) in [4.78, 5) is 24.8. The molecule has 19 heavy (non-hydrogen) atoms. The first kappa shape index (κ1) is 15.0. The third kappa shape index (κ3) is 3.98. The van der Waals surface area contributed by atoms with E-state index < -0.39 is 6.09 Å². The highest BCUT2D eigenvalue weighted by Gasteiger charge is 2.18. The zero-order valence-corrected chi connectivity index (χ0v) is 11.8. The quantitative estimate of drug-likeness (QED) is 0.909. The molecule has 5 heteroatoms. The van der Waals surface area contributed by atoms with Crippen LogP contribution in [0.2, 0.25) is 0 Å². The molecule has 1 aromatic carbocycles. The highest BCUT2D eigenvalue weighted by Crippen LogP contribution is 2.23. The van der Waals surface area contributed by atoms with Crippen LogP contribution in [0.4, 0.5) is 10.5 Å². The standard InChI is InChI=1S/C14H20N2O3/c1-5-13(17)16(10(2)3)11-7-6-8-12(9-11)19-14(18)15-4/h6-10H,5H2,1-4H3,(H,15,18). The van der Waals surface area contributed by atoms with Crippen molar-refractivity contribution in [3.05, 3.63) is 24.3 Å². The van der Waals surface area contributed by atoms with Gasteiger partial charge in [0.05, 0.1) is 0 Å². The molecule has 5 nitrogen and oxygen atoms in total. The van der Waals surface area contributed by atoms with E-state index in [2.05, 4.69) is 5.32 Å². The Bertz CT molecular complexity index is 458. The van der Waals surface area contributed by atoms with E-state index >= 15 is 0 Å². The molecule has 104 valence electrons. The van der Waals surface area contributed by atoms with Crippen molar-refractivity contribution >= 4 is 17.7 Å². The van der Waals surface area contributed by atoms with Crippen LogP contribution in [0.1, 0.15) is 27.2 Å². The Hall–Kier alpha value is -2.04. The fourth-order valence-corrected chi connectivity index (χ4v) is 1.76. The second-order valence-electron chi connectivity index (χ2n) is 4.35. The first-order valence-electron chi connectivity index (χ1n) is 6.31. The average Bonchev–Trinajstić information content (AvgIpc) is 2.38. The van der Waals surface area contributed by atoms with Gasteiger partial charge in [-0.25, -0.2) is 4.79 Å². The van der Waals surface area contributed by atoms with Gasteiger partial charge in [-0.3, -0.25) is 4.79 Å². The maximum atomic E-state index is 11.9. The zero-order valence-electron chi connectivity index (χ0n) is 11.8. The average molecular weight is 264 g/mol. The van der Waals surface area contributed by atoms with Gasteiger partial charge >= 0.3 is 6.09 Å². The minimum Gasteiger partial charge on any atom is -0.410 e. The number of hydrogen-bond acceptors (Lipinski definition) is 3. The normalized spacial score (nSPS) is 10.2. The van der Waals surface area contributed by atoms with E-state index in [1.54, 1.807) is 23.1 Å². The van der Waals surface area contributed by atoms with Crippen molar-refractivity contribution in [1.29, 1.82) is 0 Å². The maximum Gasteiger partial charge on any atom is 0.412 e. The molecular formula is C14H20N2O3. The molecule has 1 aromatic rings. The molecule has 0 atom stereocenters. The van der Waals surface area contributed by atoms with Gasteiger partial charge in [0.1, 0.15) is 5.75 Å². The monoisotopic (exact) mass is 264 g/mol. The molecule has 0 aliphatic carbocycles. The summed E-state index contributed by atoms with van der Waals surface area (Å²) in [6.45, 7) is 5.71. The maximum absolute atomic E-state index is 11.9. The SMILES string of the molecule is CCC(=O)N(c1cccc(OC(=O)NC)c1)C(C)C. The van der Waals surface area contributed by atoms with Gasteiger partial charge in [0.25, 0.3) is 0 Å². The highest BCUT2D eigenvalue weighted by molar-refractivity contribution is 5.93. The molecule has 1 N–H and O–H groups in total. The van der Waals surface area contributed by atoms with Crippen molar-refractivity contribution in [2.24, 2.45) is 0 Å². The van der Waals surface area contributed by atoms with Crippen LogP contribution >= 0.6 is 0 Å². The van der Waals surface area contributed by atoms with Gasteiger partial charge in [-0.2, -0.15) is 0 Å². The zero-order chi connectivity index (χ0) is 14.4. The molecule has 1 rings (SSSR count). The van der Waals surface area contributed by atoms with Gasteiger partial charge in [-0.05, 0) is 26.0 Å². The predicted molar refractivity (Wildman–Crippen MR) is 74.4 cm³/mol. The van der Waals surface area contributed by atoms with Gasteiger partial charge in [0.15, 0.2) is 0 Å². The molecule has 0 fully saturated rings. The number of ether oxygens (including phenoxy) is 1. The largest absolute Gasteiger partial charge is 0.412 e. The smallest absolute Gasteiger partial charge is 0.410 e. The van der Waals surface area contributed by atoms with Crippen molar-refractivity contribution in [2.45, 2.75) is 33.2 Å². The Morgan fingerprint density at radius 1 is 1.37 bits per heavy atom. The van der Waals surface area contributed by atoms with E-state index in [4.69, 9.17) is 4.74 Å². The number of hydrogen-bond donors (Lipinski definition) is 1. The lowest BCUT2D eigenvalue weighted by molar-refractivity contribution is -0.118. The first-order chi connectivity index (χ1) is 8.99. The fourth-order valence-electron chi connectivity index (χ4n) is 1.76. The molecule has 0 heterocycles. The molecule has 0 bridgehead atoms. The molecule has 0 aromatic heterocycles. The fraction of sp³-hybridized carbons (Fsp3) is 0.429. The minimum atomic E-state index is -0.532. The number of carbonyl (C=O) groups is 2. The van der Waals surface area contributed by atoms with E-state index in [1.165, 1.54) is 7.05 Å². The van der Waals surface area contributed by atoms with E-state index in [1.807, 2.05) is 26.8 Å². The van der Waals surface area contributed by atoms with Crippen LogP contribution in [-0.2, 0) is 4.79 Å². The molecule has 0 aliphatic rings. The Morgan fingerprint density at radius 3 is 2.58 bits per heavy atom. The third-order valence-corrected chi connectivity index (χ3v) is 2.60. The van der Waals surface area contributed by atoms with Crippen molar-refractivity contribution in [3.63, 3.8) is 0 Å². The van der Waals surface area contributed by atoms with Crippen LogP contribution in [0, 0.1) is 0 Å². The Labute approximate surface area is 113 Å². The van der Waals surface area contributed by atoms with Crippen LogP contribution in [-0.4, -0.2) is 25.1 Å². The Morgan fingerprint density at radius 2 is 2.05 bits per heavy atom. The summed E-state index contributed by atoms with van der Waals surface area (Å²) in [6.07, 6.45) is -0.103. The van der Waals surface area contributed by atoms with Crippen molar-refractivity contribution in [2.75, 3.05) is 11.9 Å². The summed E-state index contributed by atoms with van der Waals surface area (Å²) in [5.41, 5.74) is 0.725. The summed E-state index contributed by atoms with van der Waals surface area (Å²) in [5, 5.41) is 2.38. The number of rotatable bonds is 4. The second kappa shape index (κ2) is 6.78. The van der Waals surface area contributed by atoms with Crippen molar-refractivity contribution in [1.82, 2.24) is 5.32 Å². The summed E-state index contributed by atoms with van der Waals surface area (Å²) in [7, 11) is 1.49. The topological polar surface area (TPSA) is 58.6 Å².